The molecule has 1 aliphatic rings. The van der Waals surface area contributed by atoms with Crippen molar-refractivity contribution in [2.45, 2.75) is 45.8 Å². The standard InChI is InChI=1S/C18H22BNO4/c1-11-7-8-14(19-23-17(2,3)18(4,5)24-19)12-9-20-10-13(15(11)12)16(21)22-6/h7-10H,1-6H3. The van der Waals surface area contributed by atoms with Crippen molar-refractivity contribution in [2.24, 2.45) is 0 Å². The molecule has 0 N–H and O–H groups in total. The summed E-state index contributed by atoms with van der Waals surface area (Å²) < 4.78 is 17.2. The van der Waals surface area contributed by atoms with Crippen molar-refractivity contribution in [3.63, 3.8) is 0 Å². The third kappa shape index (κ3) is 2.50. The number of fused-ring (bicyclic) bond motifs is 1. The van der Waals surface area contributed by atoms with Crippen LogP contribution in [0.4, 0.5) is 0 Å². The number of methoxy groups -OCH3 is 1. The molecule has 2 aromatic rings. The Hall–Kier alpha value is -1.92. The number of carbonyl (C=O) groups is 1. The fourth-order valence-electron chi connectivity index (χ4n) is 2.93. The van der Waals surface area contributed by atoms with E-state index in [4.69, 9.17) is 14.0 Å². The van der Waals surface area contributed by atoms with Gasteiger partial charge in [-0.15, -0.1) is 0 Å². The molecule has 0 amide bonds. The minimum absolute atomic E-state index is 0.401. The van der Waals surface area contributed by atoms with Crippen LogP contribution < -0.4 is 5.46 Å². The highest BCUT2D eigenvalue weighted by Crippen LogP contribution is 2.37. The molecule has 126 valence electrons. The fraction of sp³-hybridized carbons (Fsp3) is 0.444. The van der Waals surface area contributed by atoms with Gasteiger partial charge in [0.05, 0.1) is 23.9 Å². The predicted octanol–water partition coefficient (Wildman–Crippen LogP) is 2.63. The highest BCUT2D eigenvalue weighted by Gasteiger charge is 2.52. The third-order valence-electron chi connectivity index (χ3n) is 5.08. The molecule has 2 heterocycles. The van der Waals surface area contributed by atoms with Crippen molar-refractivity contribution >= 4 is 29.3 Å². The first kappa shape index (κ1) is 16.9. The summed E-state index contributed by atoms with van der Waals surface area (Å²) in [5, 5.41) is 1.67. The van der Waals surface area contributed by atoms with Gasteiger partial charge in [0.25, 0.3) is 0 Å². The van der Waals surface area contributed by atoms with Gasteiger partial charge >= 0.3 is 13.1 Å². The lowest BCUT2D eigenvalue weighted by molar-refractivity contribution is 0.00578. The molecule has 6 heteroatoms. The number of hydrogen-bond donors (Lipinski definition) is 0. The van der Waals surface area contributed by atoms with E-state index in [0.29, 0.717) is 5.56 Å². The SMILES string of the molecule is COC(=O)c1cncc2c(B3OC(C)(C)C(C)(C)O3)ccc(C)c12. The number of esters is 1. The summed E-state index contributed by atoms with van der Waals surface area (Å²) in [6.07, 6.45) is 3.28. The van der Waals surface area contributed by atoms with Crippen molar-refractivity contribution in [1.82, 2.24) is 4.98 Å². The zero-order valence-electron chi connectivity index (χ0n) is 15.0. The second-order valence-corrected chi connectivity index (χ2v) is 7.16. The van der Waals surface area contributed by atoms with E-state index in [1.165, 1.54) is 13.3 Å². The smallest absolute Gasteiger partial charge is 0.465 e. The number of carbonyl (C=O) groups excluding carboxylic acids is 1. The van der Waals surface area contributed by atoms with Crippen LogP contribution in [0.3, 0.4) is 0 Å². The van der Waals surface area contributed by atoms with Crippen molar-refractivity contribution in [3.05, 3.63) is 35.7 Å². The van der Waals surface area contributed by atoms with Crippen molar-refractivity contribution in [3.8, 4) is 0 Å². The van der Waals surface area contributed by atoms with Crippen LogP contribution in [0, 0.1) is 6.92 Å². The normalized spacial score (nSPS) is 18.8. The first-order chi connectivity index (χ1) is 11.2. The van der Waals surface area contributed by atoms with Gasteiger partial charge in [-0.3, -0.25) is 4.98 Å². The molecule has 1 aromatic carbocycles. The number of aryl methyl sites for hydroxylation is 1. The Bertz CT molecular complexity index is 800. The van der Waals surface area contributed by atoms with Gasteiger partial charge in [-0.2, -0.15) is 0 Å². The van der Waals surface area contributed by atoms with E-state index in [1.807, 2.05) is 46.8 Å². The first-order valence-corrected chi connectivity index (χ1v) is 7.99. The van der Waals surface area contributed by atoms with Gasteiger partial charge in [-0.05, 0) is 45.6 Å². The Balaban J connectivity index is 2.18. The second kappa shape index (κ2) is 5.57. The summed E-state index contributed by atoms with van der Waals surface area (Å²) in [6.45, 7) is 10.0. The molecule has 1 saturated heterocycles. The van der Waals surface area contributed by atoms with Crippen molar-refractivity contribution in [1.29, 1.82) is 0 Å². The van der Waals surface area contributed by atoms with Gasteiger partial charge in [0, 0.05) is 23.2 Å². The lowest BCUT2D eigenvalue weighted by atomic mass is 9.75. The Kier molecular flexibility index (Phi) is 3.93. The average Bonchev–Trinajstić information content (AvgIpc) is 2.74. The number of hydrogen-bond acceptors (Lipinski definition) is 5. The summed E-state index contributed by atoms with van der Waals surface area (Å²) in [5.41, 5.74) is 1.44. The number of rotatable bonds is 2. The molecule has 0 unspecified atom stereocenters. The van der Waals surface area contributed by atoms with E-state index in [0.717, 1.165) is 21.8 Å². The predicted molar refractivity (Wildman–Crippen MR) is 93.5 cm³/mol. The van der Waals surface area contributed by atoms with E-state index in [1.54, 1.807) is 6.20 Å². The van der Waals surface area contributed by atoms with Crippen LogP contribution in [-0.2, 0) is 14.0 Å². The van der Waals surface area contributed by atoms with E-state index in [9.17, 15) is 4.79 Å². The third-order valence-corrected chi connectivity index (χ3v) is 5.08. The molecule has 0 radical (unpaired) electrons. The van der Waals surface area contributed by atoms with Crippen LogP contribution in [0.25, 0.3) is 10.8 Å². The Morgan fingerprint density at radius 2 is 1.75 bits per heavy atom. The topological polar surface area (TPSA) is 57.7 Å². The molecule has 1 aliphatic heterocycles. The number of nitrogens with zero attached hydrogens (tertiary/aromatic N) is 1. The maximum atomic E-state index is 12.1. The summed E-state index contributed by atoms with van der Waals surface area (Å²) in [6, 6.07) is 3.94. The molecule has 1 aromatic heterocycles. The molecule has 0 saturated carbocycles. The maximum absolute atomic E-state index is 12.1. The molecule has 1 fully saturated rings. The number of pyridine rings is 1. The zero-order chi connectivity index (χ0) is 17.7. The molecule has 0 aliphatic carbocycles. The monoisotopic (exact) mass is 327 g/mol. The Morgan fingerprint density at radius 1 is 1.12 bits per heavy atom. The quantitative estimate of drug-likeness (QED) is 0.627. The molecular weight excluding hydrogens is 305 g/mol. The van der Waals surface area contributed by atoms with Gasteiger partial charge in [0.15, 0.2) is 0 Å². The van der Waals surface area contributed by atoms with Crippen LogP contribution in [0.15, 0.2) is 24.5 Å². The van der Waals surface area contributed by atoms with E-state index < -0.39 is 24.3 Å². The van der Waals surface area contributed by atoms with E-state index in [2.05, 4.69) is 4.98 Å². The summed E-state index contributed by atoms with van der Waals surface area (Å²) in [7, 11) is 0.863. The minimum atomic E-state index is -0.507. The molecule has 0 bridgehead atoms. The van der Waals surface area contributed by atoms with Gasteiger partial charge in [-0.25, -0.2) is 4.79 Å². The van der Waals surface area contributed by atoms with Crippen LogP contribution >= 0.6 is 0 Å². The van der Waals surface area contributed by atoms with Gasteiger partial charge in [0.2, 0.25) is 0 Å². The molecular formula is C18H22BNO4. The summed E-state index contributed by atoms with van der Waals surface area (Å²) >= 11 is 0. The van der Waals surface area contributed by atoms with Gasteiger partial charge in [-0.1, -0.05) is 12.1 Å². The van der Waals surface area contributed by atoms with E-state index >= 15 is 0 Å². The van der Waals surface area contributed by atoms with Crippen molar-refractivity contribution < 1.29 is 18.8 Å². The number of benzene rings is 1. The maximum Gasteiger partial charge on any atom is 0.495 e. The fourth-order valence-corrected chi connectivity index (χ4v) is 2.93. The summed E-state index contributed by atoms with van der Waals surface area (Å²) in [5.74, 6) is -0.401. The van der Waals surface area contributed by atoms with Crippen LogP contribution in [0.5, 0.6) is 0 Å². The van der Waals surface area contributed by atoms with Crippen molar-refractivity contribution in [2.75, 3.05) is 7.11 Å². The average molecular weight is 327 g/mol. The molecule has 0 atom stereocenters. The molecule has 3 rings (SSSR count). The Morgan fingerprint density at radius 3 is 2.33 bits per heavy atom. The zero-order valence-corrected chi connectivity index (χ0v) is 15.0. The number of ether oxygens (including phenoxy) is 1. The minimum Gasteiger partial charge on any atom is -0.465 e. The van der Waals surface area contributed by atoms with Gasteiger partial charge in [0.1, 0.15) is 0 Å². The van der Waals surface area contributed by atoms with E-state index in [-0.39, 0.29) is 0 Å². The molecule has 24 heavy (non-hydrogen) atoms. The lowest BCUT2D eigenvalue weighted by Crippen LogP contribution is -2.41. The Labute approximate surface area is 142 Å². The largest absolute Gasteiger partial charge is 0.495 e. The van der Waals surface area contributed by atoms with Crippen LogP contribution in [0.1, 0.15) is 43.6 Å². The van der Waals surface area contributed by atoms with Crippen LogP contribution in [-0.4, -0.2) is 36.4 Å². The highest BCUT2D eigenvalue weighted by atomic mass is 16.7. The lowest BCUT2D eigenvalue weighted by Gasteiger charge is -2.32. The van der Waals surface area contributed by atoms with Gasteiger partial charge < -0.3 is 14.0 Å². The summed E-state index contributed by atoms with van der Waals surface area (Å²) in [4.78, 5) is 16.3. The number of aromatic nitrogens is 1. The first-order valence-electron chi connectivity index (χ1n) is 7.99. The molecule has 0 spiro atoms. The highest BCUT2D eigenvalue weighted by molar-refractivity contribution is 6.65. The van der Waals surface area contributed by atoms with Crippen LogP contribution in [0.2, 0.25) is 0 Å². The molecule has 5 nitrogen and oxygen atoms in total. The second-order valence-electron chi connectivity index (χ2n) is 7.16.